The molecule has 0 atom stereocenters. The maximum absolute atomic E-state index is 11.8. The molecule has 124 valence electrons. The lowest BCUT2D eigenvalue weighted by atomic mass is 9.95. The standard InChI is InChI=1S/C19H26N2O2/c1-5-23-19(22)16-6-9-21(10-7-16)11-8-18-14(2)12-17(20-4)13-15(18)3/h12-13,16H,5-11H2,1-3H3. The molecule has 0 aromatic heterocycles. The van der Waals surface area contributed by atoms with Crippen molar-refractivity contribution in [1.29, 1.82) is 0 Å². The molecule has 1 saturated heterocycles. The molecule has 23 heavy (non-hydrogen) atoms. The number of aryl methyl sites for hydroxylation is 2. The molecule has 2 rings (SSSR count). The monoisotopic (exact) mass is 314 g/mol. The van der Waals surface area contributed by atoms with E-state index < -0.39 is 0 Å². The maximum Gasteiger partial charge on any atom is 0.309 e. The number of hydrogen-bond acceptors (Lipinski definition) is 3. The predicted octanol–water partition coefficient (Wildman–Crippen LogP) is 3.67. The minimum absolute atomic E-state index is 0.0337. The molecule has 4 heteroatoms. The van der Waals surface area contributed by atoms with Gasteiger partial charge in [-0.05, 0) is 58.7 Å². The molecule has 0 radical (unpaired) electrons. The predicted molar refractivity (Wildman–Crippen MR) is 91.7 cm³/mol. The van der Waals surface area contributed by atoms with Crippen molar-refractivity contribution in [3.63, 3.8) is 0 Å². The summed E-state index contributed by atoms with van der Waals surface area (Å²) in [5, 5.41) is 0. The Balaban J connectivity index is 1.87. The van der Waals surface area contributed by atoms with E-state index >= 15 is 0 Å². The topological polar surface area (TPSA) is 33.9 Å². The third kappa shape index (κ3) is 4.56. The summed E-state index contributed by atoms with van der Waals surface area (Å²) < 4.78 is 5.12. The summed E-state index contributed by atoms with van der Waals surface area (Å²) in [6, 6.07) is 3.95. The Hall–Kier alpha value is -1.86. The number of benzene rings is 1. The summed E-state index contributed by atoms with van der Waals surface area (Å²) in [7, 11) is 0. The molecule has 1 aromatic carbocycles. The zero-order valence-electron chi connectivity index (χ0n) is 14.4. The van der Waals surface area contributed by atoms with Crippen LogP contribution in [0.3, 0.4) is 0 Å². The Morgan fingerprint density at radius 2 is 1.91 bits per heavy atom. The molecule has 0 aliphatic carbocycles. The van der Waals surface area contributed by atoms with Gasteiger partial charge in [0.1, 0.15) is 0 Å². The number of nitrogens with zero attached hydrogens (tertiary/aromatic N) is 2. The zero-order valence-corrected chi connectivity index (χ0v) is 14.4. The molecule has 1 aliphatic rings. The number of carbonyl (C=O) groups is 1. The summed E-state index contributed by atoms with van der Waals surface area (Å²) in [4.78, 5) is 17.7. The molecule has 0 N–H and O–H groups in total. The van der Waals surface area contributed by atoms with Gasteiger partial charge in [0.25, 0.3) is 0 Å². The minimum atomic E-state index is -0.0337. The number of piperidine rings is 1. The Morgan fingerprint density at radius 3 is 2.43 bits per heavy atom. The largest absolute Gasteiger partial charge is 0.466 e. The van der Waals surface area contributed by atoms with Crippen molar-refractivity contribution in [2.45, 2.75) is 40.0 Å². The third-order valence-electron chi connectivity index (χ3n) is 4.70. The molecule has 1 aliphatic heterocycles. The summed E-state index contributed by atoms with van der Waals surface area (Å²) in [6.45, 7) is 16.6. The Kier molecular flexibility index (Phi) is 6.18. The summed E-state index contributed by atoms with van der Waals surface area (Å²) in [5.41, 5.74) is 4.48. The highest BCUT2D eigenvalue weighted by Gasteiger charge is 2.25. The molecular formula is C19H26N2O2. The van der Waals surface area contributed by atoms with E-state index in [0.29, 0.717) is 6.61 Å². The fourth-order valence-electron chi connectivity index (χ4n) is 3.35. The van der Waals surface area contributed by atoms with E-state index in [9.17, 15) is 4.79 Å². The minimum Gasteiger partial charge on any atom is -0.466 e. The van der Waals surface area contributed by atoms with Crippen molar-refractivity contribution in [2.75, 3.05) is 26.2 Å². The number of likely N-dealkylation sites (tertiary alicyclic amines) is 1. The van der Waals surface area contributed by atoms with E-state index in [2.05, 4.69) is 23.6 Å². The van der Waals surface area contributed by atoms with E-state index in [1.54, 1.807) is 0 Å². The van der Waals surface area contributed by atoms with Crippen LogP contribution in [0.25, 0.3) is 4.85 Å². The van der Waals surface area contributed by atoms with Crippen LogP contribution in [0.4, 0.5) is 5.69 Å². The fraction of sp³-hybridized carbons (Fsp3) is 0.579. The highest BCUT2D eigenvalue weighted by molar-refractivity contribution is 5.72. The summed E-state index contributed by atoms with van der Waals surface area (Å²) >= 11 is 0. The van der Waals surface area contributed by atoms with Gasteiger partial charge < -0.3 is 9.64 Å². The number of hydrogen-bond donors (Lipinski definition) is 0. The highest BCUT2D eigenvalue weighted by atomic mass is 16.5. The van der Waals surface area contributed by atoms with Crippen molar-refractivity contribution in [2.24, 2.45) is 5.92 Å². The first-order valence-corrected chi connectivity index (χ1v) is 8.41. The Bertz CT molecular complexity index is 573. The number of rotatable bonds is 5. The Labute approximate surface area is 139 Å². The second-order valence-electron chi connectivity index (χ2n) is 6.29. The van der Waals surface area contributed by atoms with Crippen LogP contribution in [-0.4, -0.2) is 37.1 Å². The second-order valence-corrected chi connectivity index (χ2v) is 6.29. The van der Waals surface area contributed by atoms with Crippen molar-refractivity contribution in [1.82, 2.24) is 4.90 Å². The molecule has 0 bridgehead atoms. The van der Waals surface area contributed by atoms with Crippen LogP contribution in [0, 0.1) is 26.3 Å². The van der Waals surface area contributed by atoms with Gasteiger partial charge >= 0.3 is 5.97 Å². The average molecular weight is 314 g/mol. The Morgan fingerprint density at radius 1 is 1.30 bits per heavy atom. The van der Waals surface area contributed by atoms with Gasteiger partial charge in [-0.1, -0.05) is 23.3 Å². The van der Waals surface area contributed by atoms with E-state index in [-0.39, 0.29) is 11.9 Å². The molecule has 4 nitrogen and oxygen atoms in total. The van der Waals surface area contributed by atoms with Crippen LogP contribution >= 0.6 is 0 Å². The van der Waals surface area contributed by atoms with Crippen LogP contribution < -0.4 is 0 Å². The van der Waals surface area contributed by atoms with Gasteiger partial charge in [-0.2, -0.15) is 0 Å². The van der Waals surface area contributed by atoms with Crippen LogP contribution in [0.5, 0.6) is 0 Å². The van der Waals surface area contributed by atoms with E-state index in [4.69, 9.17) is 11.3 Å². The fourth-order valence-corrected chi connectivity index (χ4v) is 3.35. The molecular weight excluding hydrogens is 288 g/mol. The molecule has 1 heterocycles. The van der Waals surface area contributed by atoms with Gasteiger partial charge in [0.15, 0.2) is 5.69 Å². The number of carbonyl (C=O) groups excluding carboxylic acids is 1. The van der Waals surface area contributed by atoms with Crippen LogP contribution in [0.1, 0.15) is 36.5 Å². The van der Waals surface area contributed by atoms with E-state index in [1.807, 2.05) is 19.1 Å². The SMILES string of the molecule is [C-]#[N+]c1cc(C)c(CCN2CCC(C(=O)OCC)CC2)c(C)c1. The van der Waals surface area contributed by atoms with Gasteiger partial charge in [0, 0.05) is 6.54 Å². The summed E-state index contributed by atoms with van der Waals surface area (Å²) in [5.74, 6) is 0.0428. The lowest BCUT2D eigenvalue weighted by molar-refractivity contribution is -0.149. The van der Waals surface area contributed by atoms with Crippen molar-refractivity contribution < 1.29 is 9.53 Å². The van der Waals surface area contributed by atoms with E-state index in [1.165, 1.54) is 16.7 Å². The van der Waals surface area contributed by atoms with E-state index in [0.717, 1.165) is 44.6 Å². The number of ether oxygens (including phenoxy) is 1. The molecule has 0 amide bonds. The normalized spacial score (nSPS) is 16.1. The van der Waals surface area contributed by atoms with Crippen LogP contribution in [-0.2, 0) is 16.0 Å². The molecule has 1 fully saturated rings. The number of esters is 1. The third-order valence-corrected chi connectivity index (χ3v) is 4.70. The van der Waals surface area contributed by atoms with Crippen LogP contribution in [0.15, 0.2) is 12.1 Å². The smallest absolute Gasteiger partial charge is 0.309 e. The van der Waals surface area contributed by atoms with Gasteiger partial charge in [0.05, 0.1) is 19.1 Å². The van der Waals surface area contributed by atoms with Crippen molar-refractivity contribution >= 4 is 11.7 Å². The van der Waals surface area contributed by atoms with Gasteiger partial charge in [-0.25, -0.2) is 4.85 Å². The van der Waals surface area contributed by atoms with Gasteiger partial charge in [-0.15, -0.1) is 0 Å². The van der Waals surface area contributed by atoms with Gasteiger partial charge in [-0.3, -0.25) is 4.79 Å². The molecule has 0 saturated carbocycles. The first kappa shape index (κ1) is 17.5. The van der Waals surface area contributed by atoms with Crippen molar-refractivity contribution in [3.8, 4) is 0 Å². The quantitative estimate of drug-likeness (QED) is 0.614. The average Bonchev–Trinajstić information content (AvgIpc) is 2.54. The van der Waals surface area contributed by atoms with Gasteiger partial charge in [0.2, 0.25) is 0 Å². The lowest BCUT2D eigenvalue weighted by Crippen LogP contribution is -2.38. The molecule has 0 unspecified atom stereocenters. The first-order valence-electron chi connectivity index (χ1n) is 8.41. The maximum atomic E-state index is 11.8. The summed E-state index contributed by atoms with van der Waals surface area (Å²) in [6.07, 6.45) is 2.79. The van der Waals surface area contributed by atoms with Crippen LogP contribution in [0.2, 0.25) is 0 Å². The lowest BCUT2D eigenvalue weighted by Gasteiger charge is -2.31. The molecule has 1 aromatic rings. The highest BCUT2D eigenvalue weighted by Crippen LogP contribution is 2.24. The first-order chi connectivity index (χ1) is 11.0. The second kappa shape index (κ2) is 8.12. The molecule has 0 spiro atoms. The zero-order chi connectivity index (χ0) is 16.8. The van der Waals surface area contributed by atoms with Crippen molar-refractivity contribution in [3.05, 3.63) is 40.2 Å².